The van der Waals surface area contributed by atoms with Gasteiger partial charge in [-0.05, 0) is 130 Å². The number of rotatable bonds is 28. The van der Waals surface area contributed by atoms with Gasteiger partial charge in [-0.15, -0.1) is 0 Å². The van der Waals surface area contributed by atoms with Crippen molar-refractivity contribution in [1.29, 1.82) is 0 Å². The number of aliphatic imine (C=N–C) groups is 3. The molecule has 0 saturated carbocycles. The molecule has 692 valence electrons. The lowest BCUT2D eigenvalue weighted by molar-refractivity contribution is -0.384. The molecule has 0 radical (unpaired) electrons. The van der Waals surface area contributed by atoms with Crippen LogP contribution in [-0.4, -0.2) is 246 Å². The lowest BCUT2D eigenvalue weighted by Gasteiger charge is -2.36. The van der Waals surface area contributed by atoms with Gasteiger partial charge in [0.1, 0.15) is 35.4 Å². The number of piperazine rings is 1. The van der Waals surface area contributed by atoms with Crippen LogP contribution in [0.2, 0.25) is 0 Å². The normalized spacial score (nSPS) is 14.3. The van der Waals surface area contributed by atoms with Crippen LogP contribution in [0.4, 0.5) is 70.5 Å². The van der Waals surface area contributed by atoms with Gasteiger partial charge in [0.2, 0.25) is 0 Å². The zero-order chi connectivity index (χ0) is 95.1. The summed E-state index contributed by atoms with van der Waals surface area (Å²) in [5.41, 5.74) is 17.1. The molecule has 7 heterocycles. The van der Waals surface area contributed by atoms with E-state index in [4.69, 9.17) is 10.8 Å². The zero-order valence-corrected chi connectivity index (χ0v) is 71.9. The summed E-state index contributed by atoms with van der Waals surface area (Å²) in [5, 5.41) is 28.2. The number of pyridine rings is 1. The molecule has 33 nitrogen and oxygen atoms in total. The number of aromatic amines is 1. The Morgan fingerprint density at radius 1 is 0.585 bits per heavy atom. The molecule has 5 aliphatic rings. The SMILES string of the molecule is CNC(=O)c1ccc(N2CCN(Cc3ccc4nc(CCF)c(=O)[nH]c4c3)CC2)cn1.COC(=O)C(N)CCF.COC(=O)c1ccc(NC(CCF)C(=O)OC)c([N+](=O)[O-])c1.COC(=O)c1ccc2c(c1)CC(=O)C(CCF)=N2.COC(=O)c1ccc2c(c1)CC(=O)C(CCF)N2.O=C1Cc2cc(CO)ccc2N=C1CCF.O=Cc1ccc2c(c1)CC(=O)C(CCF)=N2. The molecule has 5 aliphatic heterocycles. The summed E-state index contributed by atoms with van der Waals surface area (Å²) < 4.78 is 108. The molecule has 1 saturated heterocycles. The first-order valence-corrected chi connectivity index (χ1v) is 40.5. The van der Waals surface area contributed by atoms with E-state index in [2.05, 4.69) is 79.4 Å². The predicted molar refractivity (Wildman–Crippen MR) is 468 cm³/mol. The van der Waals surface area contributed by atoms with Crippen molar-refractivity contribution in [2.45, 2.75) is 102 Å². The third-order valence-corrected chi connectivity index (χ3v) is 20.1. The first-order chi connectivity index (χ1) is 62.5. The van der Waals surface area contributed by atoms with Crippen molar-refractivity contribution in [1.82, 2.24) is 25.2 Å². The first-order valence-electron chi connectivity index (χ1n) is 40.5. The van der Waals surface area contributed by atoms with Crippen molar-refractivity contribution < 1.29 is 117 Å². The molecule has 0 spiro atoms. The predicted octanol–water partition coefficient (Wildman–Crippen LogP) is 10.6. The minimum atomic E-state index is -1.07. The summed E-state index contributed by atoms with van der Waals surface area (Å²) in [6.45, 7) is -0.0382. The topological polar surface area (TPSA) is 462 Å². The number of hydrogen-bond donors (Lipinski definition) is 6. The number of ether oxygens (including phenoxy) is 5. The number of nitro benzene ring substituents is 1. The number of nitrogens with zero attached hydrogens (tertiary/aromatic N) is 8. The van der Waals surface area contributed by atoms with Crippen LogP contribution in [0.3, 0.4) is 0 Å². The highest BCUT2D eigenvalue weighted by Crippen LogP contribution is 2.32. The number of fused-ring (bicyclic) bond motifs is 5. The Kier molecular flexibility index (Phi) is 41.5. The van der Waals surface area contributed by atoms with Crippen LogP contribution in [0, 0.1) is 10.1 Å². The van der Waals surface area contributed by atoms with E-state index in [-0.39, 0.29) is 140 Å². The molecule has 6 aromatic carbocycles. The molecular weight excluding hydrogens is 1720 g/mol. The van der Waals surface area contributed by atoms with Gasteiger partial charge in [0.25, 0.3) is 17.2 Å². The van der Waals surface area contributed by atoms with Gasteiger partial charge >= 0.3 is 29.8 Å². The Balaban J connectivity index is 0.000000213. The van der Waals surface area contributed by atoms with E-state index >= 15 is 0 Å². The number of ketones is 4. The fourth-order valence-electron chi connectivity index (χ4n) is 13.3. The fourth-order valence-corrected chi connectivity index (χ4v) is 13.3. The first kappa shape index (κ1) is 103. The number of aldehydes is 1. The Bertz CT molecular complexity index is 5540. The van der Waals surface area contributed by atoms with Gasteiger partial charge in [0.05, 0.1) is 174 Å². The molecule has 8 aromatic rings. The number of aromatic nitrogens is 3. The number of aliphatic hydroxyl groups is 1. The quantitative estimate of drug-likeness (QED) is 0.00662. The van der Waals surface area contributed by atoms with Gasteiger partial charge in [-0.1, -0.05) is 18.2 Å². The number of carbonyl (C=O) groups is 11. The molecule has 40 heteroatoms. The molecule has 1 amide bonds. The standard InChI is InChI=1S/C22H25FN6O2.C13H15FN2O6.C13H14FNO3.C13H12FNO3.C12H12FNO2.C12H10FNO2.C5H10FNO2/c1-24-21(30)18-5-3-16(13-25-18)29-10-8-28(9-11-29)14-15-2-4-17-20(12-15)27-22(31)19(26-17)6-7-23;1-21-12(17)8-3-4-9(11(7-8)16(19)20)15-10(5-6-14)13(18)22-2;2*1-18-13(17)8-2-3-10-9(6-8)7-12(16)11(15-10)4-5-14;2*13-4-3-11-12(16)6-9-5-8(7-15)1-2-10(9)14-11;1-9-5(8)4(7)2-3-6/h2-5,12-13H,6-11,14H2,1H3,(H,24,30)(H,27,31);3-4,7,10,15H,5-6H2,1-2H3;2-3,6,11,15H,4-5,7H2,1H3;2-3,6H,4-5,7H2,1H3;1-2,5,15H,3-4,6-7H2;1-2,5,7H,3-4,6H2;4H,2-3,7H2,1H3. The Hall–Kier alpha value is -14.0. The van der Waals surface area contributed by atoms with E-state index in [1.165, 1.54) is 33.5 Å². The van der Waals surface area contributed by atoms with Gasteiger partial charge in [-0.25, -0.2) is 44.1 Å². The summed E-state index contributed by atoms with van der Waals surface area (Å²) in [6.07, 6.45) is 3.52. The van der Waals surface area contributed by atoms with E-state index in [1.807, 2.05) is 24.3 Å². The van der Waals surface area contributed by atoms with Gasteiger partial charge in [-0.2, -0.15) is 0 Å². The number of Topliss-reactive ketones (excluding diaryl/α,β-unsaturated/α-hetero) is 4. The summed E-state index contributed by atoms with van der Waals surface area (Å²) in [7, 11) is 7.69. The van der Waals surface area contributed by atoms with Crippen LogP contribution in [0.25, 0.3) is 11.0 Å². The highest BCUT2D eigenvalue weighted by atomic mass is 19.1. The molecule has 130 heavy (non-hydrogen) atoms. The number of hydrogen-bond acceptors (Lipinski definition) is 30. The average molecular weight is 1810 g/mol. The minimum Gasteiger partial charge on any atom is -0.468 e. The van der Waals surface area contributed by atoms with Gasteiger partial charge in [0, 0.05) is 128 Å². The molecule has 2 aromatic heterocycles. The van der Waals surface area contributed by atoms with Crippen LogP contribution in [0.1, 0.15) is 130 Å². The van der Waals surface area contributed by atoms with Crippen molar-refractivity contribution in [3.63, 3.8) is 0 Å². The Labute approximate surface area is 741 Å². The van der Waals surface area contributed by atoms with E-state index in [1.54, 1.807) is 92.1 Å². The van der Waals surface area contributed by atoms with Gasteiger partial charge in [0.15, 0.2) is 23.1 Å². The summed E-state index contributed by atoms with van der Waals surface area (Å²) in [4.78, 5) is 176. The van der Waals surface area contributed by atoms with Gasteiger partial charge < -0.3 is 60.4 Å². The average Bonchev–Trinajstić information content (AvgIpc) is 0.822. The highest BCUT2D eigenvalue weighted by Gasteiger charge is 2.30. The number of H-pyrrole nitrogens is 1. The third kappa shape index (κ3) is 29.8. The van der Waals surface area contributed by atoms with Crippen LogP contribution in [-0.2, 0) is 97.7 Å². The number of aryl methyl sites for hydroxylation is 1. The van der Waals surface area contributed by atoms with Crippen LogP contribution < -0.4 is 32.1 Å². The summed E-state index contributed by atoms with van der Waals surface area (Å²) in [5.74, 6) is -3.65. The zero-order valence-electron chi connectivity index (χ0n) is 71.9. The monoisotopic (exact) mass is 1810 g/mol. The minimum absolute atomic E-state index is 0.0140. The molecule has 13 rings (SSSR count). The number of esters is 5. The number of anilines is 3. The van der Waals surface area contributed by atoms with Crippen molar-refractivity contribution in [3.05, 3.63) is 215 Å². The number of nitro groups is 1. The van der Waals surface area contributed by atoms with E-state index in [9.17, 15) is 98.4 Å². The van der Waals surface area contributed by atoms with Crippen molar-refractivity contribution in [2.24, 2.45) is 20.7 Å². The molecule has 0 bridgehead atoms. The van der Waals surface area contributed by atoms with Crippen LogP contribution in [0.15, 0.2) is 147 Å². The largest absolute Gasteiger partial charge is 0.468 e. The number of methoxy groups -OCH3 is 5. The maximum atomic E-state index is 12.6. The second kappa shape index (κ2) is 52.3. The maximum absolute atomic E-state index is 12.6. The summed E-state index contributed by atoms with van der Waals surface area (Å²) >= 11 is 0. The van der Waals surface area contributed by atoms with E-state index in [0.29, 0.717) is 61.8 Å². The second-order valence-corrected chi connectivity index (χ2v) is 28.8. The van der Waals surface area contributed by atoms with Crippen molar-refractivity contribution in [3.8, 4) is 0 Å². The number of alkyl halides is 7. The smallest absolute Gasteiger partial charge is 0.338 e. The lowest BCUT2D eigenvalue weighted by Crippen LogP contribution is -2.46. The number of carbonyl (C=O) groups excluding carboxylic acids is 11. The van der Waals surface area contributed by atoms with E-state index < -0.39 is 105 Å². The molecule has 1 fully saturated rings. The number of nitrogens with two attached hydrogens (primary N) is 1. The maximum Gasteiger partial charge on any atom is 0.338 e. The fraction of sp³-hybridized carbons (Fsp3) is 0.367. The van der Waals surface area contributed by atoms with Gasteiger partial charge in [-0.3, -0.25) is 84.1 Å². The van der Waals surface area contributed by atoms with Crippen molar-refractivity contribution in [2.75, 3.05) is 131 Å². The Morgan fingerprint density at radius 3 is 1.62 bits per heavy atom. The highest BCUT2D eigenvalue weighted by molar-refractivity contribution is 6.43. The molecular formula is C90H98F7N13O20. The number of halogens is 7. The summed E-state index contributed by atoms with van der Waals surface area (Å²) in [6, 6.07) is 30.7. The van der Waals surface area contributed by atoms with E-state index in [0.717, 1.165) is 98.5 Å². The second-order valence-electron chi connectivity index (χ2n) is 28.8. The van der Waals surface area contributed by atoms with Crippen LogP contribution in [0.5, 0.6) is 0 Å². The van der Waals surface area contributed by atoms with Crippen LogP contribution >= 0.6 is 0 Å². The lowest BCUT2D eigenvalue weighted by atomic mass is 9.94. The molecule has 0 aliphatic carbocycles. The number of amides is 1. The Morgan fingerprint density at radius 2 is 1.11 bits per heavy atom. The molecule has 3 unspecified atom stereocenters. The number of benzene rings is 6. The van der Waals surface area contributed by atoms with Crippen molar-refractivity contribution >= 4 is 133 Å². The number of aliphatic hydroxyl groups excluding tert-OH is 1. The molecule has 7 N–H and O–H groups in total. The third-order valence-electron chi connectivity index (χ3n) is 20.1. The number of nitrogens with one attached hydrogen (secondary N) is 4. The molecule has 3 atom stereocenters.